The number of aryl methyl sites for hydroxylation is 2. The summed E-state index contributed by atoms with van der Waals surface area (Å²) in [6, 6.07) is 25.6. The van der Waals surface area contributed by atoms with Gasteiger partial charge in [-0.05, 0) is 48.6 Å². The number of pyridine rings is 1. The van der Waals surface area contributed by atoms with E-state index in [0.717, 1.165) is 29.1 Å². The normalized spacial score (nSPS) is 11.3. The minimum atomic E-state index is 0.804. The molecule has 0 unspecified atom stereocenters. The van der Waals surface area contributed by atoms with Crippen LogP contribution in [0.15, 0.2) is 79.0 Å². The molecule has 0 saturated heterocycles. The van der Waals surface area contributed by atoms with E-state index in [9.17, 15) is 0 Å². The second kappa shape index (κ2) is 7.34. The first-order chi connectivity index (χ1) is 14.6. The van der Waals surface area contributed by atoms with Gasteiger partial charge in [-0.1, -0.05) is 60.2 Å². The van der Waals surface area contributed by atoms with Crippen LogP contribution in [0.25, 0.3) is 27.7 Å². The summed E-state index contributed by atoms with van der Waals surface area (Å²) in [7, 11) is 1.71. The van der Waals surface area contributed by atoms with Crippen molar-refractivity contribution in [3.8, 4) is 17.0 Å². The summed E-state index contributed by atoms with van der Waals surface area (Å²) >= 11 is 0. The Hall–Kier alpha value is -3.59. The zero-order valence-electron chi connectivity index (χ0n) is 17.5. The third-order valence-corrected chi connectivity index (χ3v) is 5.85. The van der Waals surface area contributed by atoms with Crippen molar-refractivity contribution in [2.24, 2.45) is 0 Å². The van der Waals surface area contributed by atoms with Gasteiger partial charge in [0.1, 0.15) is 11.4 Å². The molecule has 3 aromatic carbocycles. The van der Waals surface area contributed by atoms with Gasteiger partial charge in [-0.3, -0.25) is 0 Å². The Morgan fingerprint density at radius 3 is 2.47 bits per heavy atom. The van der Waals surface area contributed by atoms with Gasteiger partial charge in [0.05, 0.1) is 18.5 Å². The number of nitrogens with zero attached hydrogens (tertiary/aromatic N) is 2. The van der Waals surface area contributed by atoms with Crippen LogP contribution in [0.2, 0.25) is 0 Å². The summed E-state index contributed by atoms with van der Waals surface area (Å²) in [6.45, 7) is 4.25. The smallest absolute Gasteiger partial charge is 0.145 e. The highest BCUT2D eigenvalue weighted by molar-refractivity contribution is 5.95. The fraction of sp³-hybridized carbons (Fsp3) is 0.148. The van der Waals surface area contributed by atoms with Crippen LogP contribution in [0.4, 0.5) is 0 Å². The Kier molecular flexibility index (Phi) is 4.51. The number of hydrogen-bond donors (Lipinski definition) is 0. The lowest BCUT2D eigenvalue weighted by molar-refractivity contribution is 0.414. The molecule has 0 aliphatic rings. The highest BCUT2D eigenvalue weighted by Crippen LogP contribution is 2.31. The fourth-order valence-electron chi connectivity index (χ4n) is 4.10. The van der Waals surface area contributed by atoms with Crippen molar-refractivity contribution >= 4 is 16.4 Å². The highest BCUT2D eigenvalue weighted by atomic mass is 16.5. The fourth-order valence-corrected chi connectivity index (χ4v) is 4.10. The summed E-state index contributed by atoms with van der Waals surface area (Å²) in [6.07, 6.45) is 2.95. The van der Waals surface area contributed by atoms with Crippen molar-refractivity contribution in [3.63, 3.8) is 0 Å². The molecule has 0 amide bonds. The van der Waals surface area contributed by atoms with E-state index in [1.807, 2.05) is 6.07 Å². The van der Waals surface area contributed by atoms with E-state index in [1.165, 1.54) is 33.2 Å². The molecule has 3 heteroatoms. The third-order valence-electron chi connectivity index (χ3n) is 5.85. The Morgan fingerprint density at radius 1 is 0.900 bits per heavy atom. The molecule has 0 fully saturated rings. The third kappa shape index (κ3) is 3.13. The maximum Gasteiger partial charge on any atom is 0.145 e. The molecule has 5 rings (SSSR count). The van der Waals surface area contributed by atoms with Crippen LogP contribution < -0.4 is 4.74 Å². The maximum atomic E-state index is 5.39. The number of fused-ring (bicyclic) bond motifs is 3. The van der Waals surface area contributed by atoms with Gasteiger partial charge in [0.15, 0.2) is 0 Å². The van der Waals surface area contributed by atoms with Crippen molar-refractivity contribution < 1.29 is 4.74 Å². The maximum absolute atomic E-state index is 5.39. The lowest BCUT2D eigenvalue weighted by atomic mass is 10.00. The molecule has 2 heterocycles. The standard InChI is InChI=1S/C27H24N2O/c1-18-8-10-21(11-9-18)26-25(17-22-12-13-23(30-3)16-19(22)2)29-15-14-20-6-4-5-7-24(20)27(29)28-26/h4-16H,17H2,1-3H3. The lowest BCUT2D eigenvalue weighted by Gasteiger charge is -2.10. The molecule has 30 heavy (non-hydrogen) atoms. The van der Waals surface area contributed by atoms with E-state index < -0.39 is 0 Å². The summed E-state index contributed by atoms with van der Waals surface area (Å²) in [5.41, 5.74) is 8.15. The van der Waals surface area contributed by atoms with E-state index >= 15 is 0 Å². The van der Waals surface area contributed by atoms with Gasteiger partial charge >= 0.3 is 0 Å². The van der Waals surface area contributed by atoms with Crippen LogP contribution >= 0.6 is 0 Å². The minimum absolute atomic E-state index is 0.804. The number of benzene rings is 3. The second-order valence-electron chi connectivity index (χ2n) is 7.84. The van der Waals surface area contributed by atoms with Crippen LogP contribution in [-0.4, -0.2) is 16.5 Å². The van der Waals surface area contributed by atoms with Gasteiger partial charge in [0, 0.05) is 23.6 Å². The first-order valence-electron chi connectivity index (χ1n) is 10.2. The Labute approximate surface area is 176 Å². The predicted molar refractivity (Wildman–Crippen MR) is 123 cm³/mol. The van der Waals surface area contributed by atoms with E-state index in [-0.39, 0.29) is 0 Å². The molecule has 148 valence electrons. The van der Waals surface area contributed by atoms with Crippen molar-refractivity contribution in [3.05, 3.63) is 101 Å². The monoisotopic (exact) mass is 392 g/mol. The van der Waals surface area contributed by atoms with Gasteiger partial charge in [-0.15, -0.1) is 0 Å². The molecule has 0 atom stereocenters. The Bertz CT molecular complexity index is 1360. The lowest BCUT2D eigenvalue weighted by Crippen LogP contribution is -1.99. The Morgan fingerprint density at radius 2 is 1.70 bits per heavy atom. The number of rotatable bonds is 4. The summed E-state index contributed by atoms with van der Waals surface area (Å²) in [4.78, 5) is 5.14. The SMILES string of the molecule is COc1ccc(Cc2c(-c3ccc(C)cc3)nc3c4ccccc4ccn23)c(C)c1. The van der Waals surface area contributed by atoms with Gasteiger partial charge in [-0.2, -0.15) is 0 Å². The van der Waals surface area contributed by atoms with E-state index in [4.69, 9.17) is 9.72 Å². The van der Waals surface area contributed by atoms with Crippen LogP contribution in [0.3, 0.4) is 0 Å². The summed E-state index contributed by atoms with van der Waals surface area (Å²) < 4.78 is 7.64. The van der Waals surface area contributed by atoms with Gasteiger partial charge in [-0.25, -0.2) is 4.98 Å². The molecule has 0 bridgehead atoms. The minimum Gasteiger partial charge on any atom is -0.497 e. The molecule has 3 nitrogen and oxygen atoms in total. The number of hydrogen-bond acceptors (Lipinski definition) is 2. The molecule has 0 radical (unpaired) electrons. The molecule has 0 spiro atoms. The topological polar surface area (TPSA) is 26.5 Å². The number of imidazole rings is 1. The van der Waals surface area contributed by atoms with Gasteiger partial charge in [0.2, 0.25) is 0 Å². The first kappa shape index (κ1) is 18.4. The zero-order valence-corrected chi connectivity index (χ0v) is 17.5. The van der Waals surface area contributed by atoms with E-state index in [0.29, 0.717) is 0 Å². The average Bonchev–Trinajstić information content (AvgIpc) is 3.14. The number of aromatic nitrogens is 2. The van der Waals surface area contributed by atoms with Crippen LogP contribution in [0.5, 0.6) is 5.75 Å². The molecular weight excluding hydrogens is 368 g/mol. The predicted octanol–water partition coefficient (Wildman–Crippen LogP) is 6.37. The number of methoxy groups -OCH3 is 1. The van der Waals surface area contributed by atoms with Crippen molar-refractivity contribution in [1.29, 1.82) is 0 Å². The Balaban J connectivity index is 1.74. The summed E-state index contributed by atoms with van der Waals surface area (Å²) in [5.74, 6) is 0.888. The van der Waals surface area contributed by atoms with Crippen LogP contribution in [0.1, 0.15) is 22.4 Å². The van der Waals surface area contributed by atoms with E-state index in [2.05, 4.69) is 91.2 Å². The van der Waals surface area contributed by atoms with Crippen molar-refractivity contribution in [1.82, 2.24) is 9.38 Å². The van der Waals surface area contributed by atoms with Crippen LogP contribution in [-0.2, 0) is 6.42 Å². The molecule has 2 aromatic heterocycles. The molecule has 0 N–H and O–H groups in total. The molecule has 0 aliphatic heterocycles. The molecule has 0 aliphatic carbocycles. The first-order valence-corrected chi connectivity index (χ1v) is 10.2. The van der Waals surface area contributed by atoms with Crippen LogP contribution in [0, 0.1) is 13.8 Å². The average molecular weight is 393 g/mol. The zero-order chi connectivity index (χ0) is 20.7. The molecule has 5 aromatic rings. The molecule has 0 saturated carbocycles. The summed E-state index contributed by atoms with van der Waals surface area (Å²) in [5, 5.41) is 2.38. The molecular formula is C27H24N2O. The number of ether oxygens (including phenoxy) is 1. The quantitative estimate of drug-likeness (QED) is 0.355. The van der Waals surface area contributed by atoms with Crippen molar-refractivity contribution in [2.45, 2.75) is 20.3 Å². The second-order valence-corrected chi connectivity index (χ2v) is 7.84. The van der Waals surface area contributed by atoms with E-state index in [1.54, 1.807) is 7.11 Å². The van der Waals surface area contributed by atoms with Gasteiger partial charge in [0.25, 0.3) is 0 Å². The van der Waals surface area contributed by atoms with Crippen molar-refractivity contribution in [2.75, 3.05) is 7.11 Å². The van der Waals surface area contributed by atoms with Gasteiger partial charge < -0.3 is 9.14 Å². The largest absolute Gasteiger partial charge is 0.497 e. The highest BCUT2D eigenvalue weighted by Gasteiger charge is 2.17.